The number of nitrogens with one attached hydrogen (secondary N) is 2. The fraction of sp³-hybridized carbons (Fsp3) is 0.118. The van der Waals surface area contributed by atoms with E-state index < -0.39 is 0 Å². The van der Waals surface area contributed by atoms with Crippen LogP contribution in [0.25, 0.3) is 0 Å². The molecule has 1 amide bonds. The highest BCUT2D eigenvalue weighted by atomic mass is 32.1. The second kappa shape index (κ2) is 8.17. The van der Waals surface area contributed by atoms with Gasteiger partial charge in [-0.25, -0.2) is 0 Å². The van der Waals surface area contributed by atoms with E-state index in [0.717, 1.165) is 5.56 Å². The van der Waals surface area contributed by atoms with Gasteiger partial charge < -0.3 is 4.74 Å². The molecule has 2 N–H and O–H groups in total. The van der Waals surface area contributed by atoms with E-state index in [1.54, 1.807) is 31.3 Å². The summed E-state index contributed by atoms with van der Waals surface area (Å²) in [6.07, 6.45) is 0. The number of hydrogen-bond acceptors (Lipinski definition) is 6. The van der Waals surface area contributed by atoms with Crippen molar-refractivity contribution in [3.05, 3.63) is 65.7 Å². The molecule has 0 spiro atoms. The van der Waals surface area contributed by atoms with Gasteiger partial charge in [-0.2, -0.15) is 4.80 Å². The van der Waals surface area contributed by atoms with Gasteiger partial charge in [-0.1, -0.05) is 41.5 Å². The minimum absolute atomic E-state index is 0.0820. The van der Waals surface area contributed by atoms with Crippen molar-refractivity contribution in [2.45, 2.75) is 6.61 Å². The molecular weight excluding hydrogens is 352 g/mol. The first-order chi connectivity index (χ1) is 12.6. The SMILES string of the molecule is Cn1nnc(NC(=S)NC(=O)c2cccc(OCc3ccccc3)c2)n1. The van der Waals surface area contributed by atoms with E-state index in [1.165, 1.54) is 4.80 Å². The molecule has 26 heavy (non-hydrogen) atoms. The van der Waals surface area contributed by atoms with E-state index in [9.17, 15) is 4.79 Å². The van der Waals surface area contributed by atoms with E-state index in [2.05, 4.69) is 26.0 Å². The van der Waals surface area contributed by atoms with Crippen LogP contribution in [0.5, 0.6) is 5.75 Å². The summed E-state index contributed by atoms with van der Waals surface area (Å²) in [6, 6.07) is 16.7. The molecule has 0 aliphatic rings. The van der Waals surface area contributed by atoms with Crippen LogP contribution in [0, 0.1) is 0 Å². The molecule has 132 valence electrons. The molecule has 1 heterocycles. The average molecular weight is 368 g/mol. The van der Waals surface area contributed by atoms with Crippen LogP contribution >= 0.6 is 12.2 Å². The zero-order valence-corrected chi connectivity index (χ0v) is 14.7. The van der Waals surface area contributed by atoms with E-state index in [0.29, 0.717) is 17.9 Å². The van der Waals surface area contributed by atoms with Crippen LogP contribution in [0.15, 0.2) is 54.6 Å². The number of aryl methyl sites for hydroxylation is 1. The Hall–Kier alpha value is -3.33. The largest absolute Gasteiger partial charge is 0.489 e. The molecule has 3 aromatic rings. The summed E-state index contributed by atoms with van der Waals surface area (Å²) in [5.41, 5.74) is 1.47. The zero-order valence-electron chi connectivity index (χ0n) is 13.9. The lowest BCUT2D eigenvalue weighted by Gasteiger charge is -2.09. The highest BCUT2D eigenvalue weighted by molar-refractivity contribution is 7.80. The van der Waals surface area contributed by atoms with Crippen LogP contribution in [-0.4, -0.2) is 31.2 Å². The van der Waals surface area contributed by atoms with Crippen molar-refractivity contribution in [1.29, 1.82) is 0 Å². The van der Waals surface area contributed by atoms with Crippen molar-refractivity contribution in [3.8, 4) is 5.75 Å². The first-order valence-electron chi connectivity index (χ1n) is 7.73. The number of hydrogen-bond donors (Lipinski definition) is 2. The molecule has 8 nitrogen and oxygen atoms in total. The average Bonchev–Trinajstić information content (AvgIpc) is 3.05. The Morgan fingerprint density at radius 1 is 1.19 bits per heavy atom. The smallest absolute Gasteiger partial charge is 0.269 e. The summed E-state index contributed by atoms with van der Waals surface area (Å²) in [6.45, 7) is 0.421. The van der Waals surface area contributed by atoms with Gasteiger partial charge in [-0.3, -0.25) is 15.4 Å². The molecule has 0 aliphatic heterocycles. The van der Waals surface area contributed by atoms with Crippen molar-refractivity contribution >= 4 is 29.2 Å². The molecule has 2 aromatic carbocycles. The van der Waals surface area contributed by atoms with Crippen molar-refractivity contribution < 1.29 is 9.53 Å². The predicted molar refractivity (Wildman–Crippen MR) is 99.7 cm³/mol. The molecule has 0 bridgehead atoms. The fourth-order valence-electron chi connectivity index (χ4n) is 2.11. The number of amides is 1. The van der Waals surface area contributed by atoms with Gasteiger partial charge in [0.05, 0.1) is 7.05 Å². The summed E-state index contributed by atoms with van der Waals surface area (Å²) >= 11 is 5.08. The molecule has 0 saturated heterocycles. The summed E-state index contributed by atoms with van der Waals surface area (Å²) in [7, 11) is 1.63. The van der Waals surface area contributed by atoms with E-state index >= 15 is 0 Å². The molecule has 3 rings (SSSR count). The van der Waals surface area contributed by atoms with Gasteiger partial charge in [-0.05, 0) is 41.2 Å². The monoisotopic (exact) mass is 368 g/mol. The van der Waals surface area contributed by atoms with Gasteiger partial charge >= 0.3 is 0 Å². The molecule has 0 fully saturated rings. The number of thiocarbonyl (C=S) groups is 1. The first-order valence-corrected chi connectivity index (χ1v) is 8.14. The number of tetrazole rings is 1. The molecule has 0 unspecified atom stereocenters. The lowest BCUT2D eigenvalue weighted by Crippen LogP contribution is -2.34. The molecule has 1 aromatic heterocycles. The second-order valence-corrected chi connectivity index (χ2v) is 5.72. The Morgan fingerprint density at radius 2 is 2.00 bits per heavy atom. The zero-order chi connectivity index (χ0) is 18.4. The number of nitrogens with zero attached hydrogens (tertiary/aromatic N) is 4. The van der Waals surface area contributed by atoms with Crippen LogP contribution in [0.2, 0.25) is 0 Å². The lowest BCUT2D eigenvalue weighted by atomic mass is 10.2. The van der Waals surface area contributed by atoms with Crippen molar-refractivity contribution in [2.75, 3.05) is 5.32 Å². The van der Waals surface area contributed by atoms with Crippen LogP contribution in [0.3, 0.4) is 0 Å². The number of aromatic nitrogens is 4. The highest BCUT2D eigenvalue weighted by Gasteiger charge is 2.10. The van der Waals surface area contributed by atoms with E-state index in [-0.39, 0.29) is 17.0 Å². The van der Waals surface area contributed by atoms with Gasteiger partial charge in [0, 0.05) is 5.56 Å². The minimum atomic E-state index is -0.364. The summed E-state index contributed by atoms with van der Waals surface area (Å²) in [5, 5.41) is 16.7. The summed E-state index contributed by atoms with van der Waals surface area (Å²) in [5.74, 6) is 0.435. The third-order valence-electron chi connectivity index (χ3n) is 3.31. The third kappa shape index (κ3) is 4.84. The number of anilines is 1. The van der Waals surface area contributed by atoms with Crippen molar-refractivity contribution in [2.24, 2.45) is 7.05 Å². The number of benzene rings is 2. The van der Waals surface area contributed by atoms with Crippen molar-refractivity contribution in [1.82, 2.24) is 25.5 Å². The van der Waals surface area contributed by atoms with Gasteiger partial charge in [0.1, 0.15) is 12.4 Å². The Labute approximate surface area is 155 Å². The van der Waals surface area contributed by atoms with Gasteiger partial charge in [0.2, 0.25) is 0 Å². The molecule has 0 atom stereocenters. The third-order valence-corrected chi connectivity index (χ3v) is 3.51. The predicted octanol–water partition coefficient (Wildman–Crippen LogP) is 1.92. The normalized spacial score (nSPS) is 10.2. The first kappa shape index (κ1) is 17.5. The molecule has 9 heteroatoms. The van der Waals surface area contributed by atoms with Gasteiger partial charge in [-0.15, -0.1) is 5.10 Å². The van der Waals surface area contributed by atoms with Crippen molar-refractivity contribution in [3.63, 3.8) is 0 Å². The standard InChI is InChI=1S/C17H16N6O2S/c1-23-21-16(20-22-23)19-17(26)18-15(24)13-8-5-9-14(10-13)25-11-12-6-3-2-4-7-12/h2-10H,11H2,1H3,(H2,18,19,21,24,26). The highest BCUT2D eigenvalue weighted by Crippen LogP contribution is 2.15. The van der Waals surface area contributed by atoms with Gasteiger partial charge in [0.25, 0.3) is 11.9 Å². The maximum atomic E-state index is 12.3. The van der Waals surface area contributed by atoms with Crippen LogP contribution in [0.1, 0.15) is 15.9 Å². The van der Waals surface area contributed by atoms with Crippen LogP contribution in [0.4, 0.5) is 5.95 Å². The van der Waals surface area contributed by atoms with E-state index in [1.807, 2.05) is 30.3 Å². The fourth-order valence-corrected chi connectivity index (χ4v) is 2.29. The van der Waals surface area contributed by atoms with Crippen LogP contribution in [-0.2, 0) is 13.7 Å². The quantitative estimate of drug-likeness (QED) is 0.665. The molecule has 0 saturated carbocycles. The number of rotatable bonds is 5. The molecular formula is C17H16N6O2S. The molecule has 0 radical (unpaired) electrons. The van der Waals surface area contributed by atoms with Gasteiger partial charge in [0.15, 0.2) is 5.11 Å². The minimum Gasteiger partial charge on any atom is -0.489 e. The summed E-state index contributed by atoms with van der Waals surface area (Å²) in [4.78, 5) is 13.6. The Kier molecular flexibility index (Phi) is 5.49. The maximum Gasteiger partial charge on any atom is 0.269 e. The topological polar surface area (TPSA) is 94.0 Å². The number of carbonyl (C=O) groups excluding carboxylic acids is 1. The number of carbonyl (C=O) groups is 1. The second-order valence-electron chi connectivity index (χ2n) is 5.31. The maximum absolute atomic E-state index is 12.3. The van der Waals surface area contributed by atoms with Crippen LogP contribution < -0.4 is 15.4 Å². The van der Waals surface area contributed by atoms with E-state index in [4.69, 9.17) is 17.0 Å². The Balaban J connectivity index is 1.58. The number of ether oxygens (including phenoxy) is 1. The Morgan fingerprint density at radius 3 is 2.73 bits per heavy atom. The Bertz CT molecular complexity index is 912. The summed E-state index contributed by atoms with van der Waals surface area (Å²) < 4.78 is 5.73. The molecule has 0 aliphatic carbocycles. The lowest BCUT2D eigenvalue weighted by molar-refractivity contribution is 0.0977.